The van der Waals surface area contributed by atoms with E-state index in [1.54, 1.807) is 13.8 Å². The van der Waals surface area contributed by atoms with Crippen molar-refractivity contribution in [3.8, 4) is 0 Å². The van der Waals surface area contributed by atoms with Gasteiger partial charge >= 0.3 is 17.6 Å². The second kappa shape index (κ2) is 9.10. The molecule has 1 N–H and O–H groups in total. The number of nitrogens with one attached hydrogen (secondary N) is 1. The molecule has 1 aliphatic heterocycles. The molecule has 12 heteroatoms. The number of nitro benzene ring substituents is 1. The van der Waals surface area contributed by atoms with Crippen molar-refractivity contribution >= 4 is 23.4 Å². The zero-order valence-corrected chi connectivity index (χ0v) is 18.4. The number of hydrogen-bond acceptors (Lipinski definition) is 9. The van der Waals surface area contributed by atoms with Gasteiger partial charge in [0.1, 0.15) is 11.5 Å². The molecule has 0 amide bonds. The highest BCUT2D eigenvalue weighted by Gasteiger charge is 2.41. The molecule has 0 bridgehead atoms. The number of nitrogens with zero attached hydrogens (tertiary/aromatic N) is 3. The van der Waals surface area contributed by atoms with Crippen molar-refractivity contribution in [1.82, 2.24) is 9.13 Å². The number of fused-ring (bicyclic) bond motifs is 1. The van der Waals surface area contributed by atoms with E-state index >= 15 is 0 Å². The molecule has 1 atom stereocenters. The van der Waals surface area contributed by atoms with E-state index in [-0.39, 0.29) is 41.6 Å². The average molecular weight is 458 g/mol. The molecule has 0 spiro atoms. The van der Waals surface area contributed by atoms with Crippen molar-refractivity contribution in [2.24, 2.45) is 14.1 Å². The van der Waals surface area contributed by atoms with Gasteiger partial charge in [0, 0.05) is 26.2 Å². The lowest BCUT2D eigenvalue weighted by Crippen LogP contribution is -2.44. The van der Waals surface area contributed by atoms with Crippen LogP contribution in [0.2, 0.25) is 0 Å². The first-order chi connectivity index (χ1) is 15.6. The molecular formula is C21H22N4O8. The van der Waals surface area contributed by atoms with Gasteiger partial charge in [0.15, 0.2) is 0 Å². The molecule has 2 heterocycles. The van der Waals surface area contributed by atoms with Crippen LogP contribution in [-0.4, -0.2) is 39.2 Å². The van der Waals surface area contributed by atoms with Gasteiger partial charge in [-0.1, -0.05) is 12.1 Å². The molecule has 0 fully saturated rings. The van der Waals surface area contributed by atoms with Crippen molar-refractivity contribution in [3.05, 3.63) is 77.6 Å². The predicted octanol–water partition coefficient (Wildman–Crippen LogP) is 0.930. The van der Waals surface area contributed by atoms with Gasteiger partial charge in [-0.25, -0.2) is 14.4 Å². The molecule has 2 aromatic rings. The van der Waals surface area contributed by atoms with Gasteiger partial charge in [-0.15, -0.1) is 0 Å². The number of carbonyl (C=O) groups excluding carboxylic acids is 2. The SMILES string of the molecule is CCOC(=O)C1=C(C(=O)OCC)C(c2ccc([N+](=O)[O-])cc2)c2c(n(C)c(=O)n(C)c2=O)N1. The molecule has 1 aromatic carbocycles. The van der Waals surface area contributed by atoms with Crippen molar-refractivity contribution in [3.63, 3.8) is 0 Å². The van der Waals surface area contributed by atoms with E-state index in [1.165, 1.54) is 38.4 Å². The Kier molecular flexibility index (Phi) is 6.47. The number of hydrogen-bond donors (Lipinski definition) is 1. The third kappa shape index (κ3) is 4.02. The van der Waals surface area contributed by atoms with E-state index in [0.29, 0.717) is 5.56 Å². The van der Waals surface area contributed by atoms with Gasteiger partial charge in [-0.2, -0.15) is 0 Å². The highest BCUT2D eigenvalue weighted by Crippen LogP contribution is 2.40. The molecule has 0 saturated heterocycles. The fourth-order valence-electron chi connectivity index (χ4n) is 3.67. The number of ether oxygens (including phenoxy) is 2. The fraction of sp³-hybridized carbons (Fsp3) is 0.333. The lowest BCUT2D eigenvalue weighted by Gasteiger charge is -2.30. The number of esters is 2. The summed E-state index contributed by atoms with van der Waals surface area (Å²) in [4.78, 5) is 62.0. The quantitative estimate of drug-likeness (QED) is 0.378. The molecule has 3 rings (SSSR count). The van der Waals surface area contributed by atoms with Gasteiger partial charge in [0.2, 0.25) is 0 Å². The van der Waals surface area contributed by atoms with Crippen LogP contribution in [0.15, 0.2) is 45.1 Å². The minimum absolute atomic E-state index is 0.00237. The van der Waals surface area contributed by atoms with E-state index in [9.17, 15) is 29.3 Å². The van der Waals surface area contributed by atoms with Crippen LogP contribution in [0.1, 0.15) is 30.9 Å². The van der Waals surface area contributed by atoms with Crippen LogP contribution in [0.3, 0.4) is 0 Å². The zero-order valence-electron chi connectivity index (χ0n) is 18.4. The van der Waals surface area contributed by atoms with E-state index in [4.69, 9.17) is 9.47 Å². The Balaban J connectivity index is 2.42. The van der Waals surface area contributed by atoms with E-state index < -0.39 is 34.0 Å². The number of carbonyl (C=O) groups is 2. The number of non-ortho nitro benzene ring substituents is 1. The summed E-state index contributed by atoms with van der Waals surface area (Å²) in [5.41, 5.74) is -1.73. The normalized spacial score (nSPS) is 14.8. The predicted molar refractivity (Wildman–Crippen MR) is 116 cm³/mol. The number of nitro groups is 1. The van der Waals surface area contributed by atoms with Crippen LogP contribution in [0.5, 0.6) is 0 Å². The van der Waals surface area contributed by atoms with Crippen LogP contribution in [0.4, 0.5) is 11.5 Å². The van der Waals surface area contributed by atoms with Crippen LogP contribution in [0, 0.1) is 10.1 Å². The van der Waals surface area contributed by atoms with Crippen LogP contribution < -0.4 is 16.6 Å². The smallest absolute Gasteiger partial charge is 0.355 e. The molecular weight excluding hydrogens is 436 g/mol. The fourth-order valence-corrected chi connectivity index (χ4v) is 3.67. The maximum absolute atomic E-state index is 13.2. The molecule has 174 valence electrons. The first-order valence-corrected chi connectivity index (χ1v) is 10.0. The lowest BCUT2D eigenvalue weighted by molar-refractivity contribution is -0.384. The maximum Gasteiger partial charge on any atom is 0.355 e. The molecule has 1 unspecified atom stereocenters. The van der Waals surface area contributed by atoms with Crippen molar-refractivity contribution < 1.29 is 24.0 Å². The first kappa shape index (κ1) is 23.4. The van der Waals surface area contributed by atoms with E-state index in [1.807, 2.05) is 0 Å². The Morgan fingerprint density at radius 2 is 1.61 bits per heavy atom. The summed E-state index contributed by atoms with van der Waals surface area (Å²) in [6, 6.07) is 5.20. The number of benzene rings is 1. The number of rotatable bonds is 6. The van der Waals surface area contributed by atoms with Crippen LogP contribution >= 0.6 is 0 Å². The zero-order chi connectivity index (χ0) is 24.4. The summed E-state index contributed by atoms with van der Waals surface area (Å²) >= 11 is 0. The summed E-state index contributed by atoms with van der Waals surface area (Å²) in [6.07, 6.45) is 0. The lowest BCUT2D eigenvalue weighted by atomic mass is 9.82. The number of aromatic nitrogens is 2. The first-order valence-electron chi connectivity index (χ1n) is 10.0. The second-order valence-corrected chi connectivity index (χ2v) is 7.10. The Labute approximate surface area is 187 Å². The topological polar surface area (TPSA) is 152 Å². The third-order valence-corrected chi connectivity index (χ3v) is 5.20. The molecule has 1 aliphatic rings. The molecule has 0 saturated carbocycles. The standard InChI is InChI=1S/C21H22N4O8/c1-5-32-19(27)14-13(11-7-9-12(10-8-11)25(30)31)15-17(22-16(14)20(28)33-6-2)23(3)21(29)24(4)18(15)26/h7-10,13,22H,5-6H2,1-4H3. The van der Waals surface area contributed by atoms with Gasteiger partial charge < -0.3 is 14.8 Å². The molecule has 1 aromatic heterocycles. The minimum atomic E-state index is -1.16. The maximum atomic E-state index is 13.2. The van der Waals surface area contributed by atoms with Gasteiger partial charge in [-0.05, 0) is 19.4 Å². The van der Waals surface area contributed by atoms with Crippen molar-refractivity contribution in [2.45, 2.75) is 19.8 Å². The third-order valence-electron chi connectivity index (χ3n) is 5.20. The van der Waals surface area contributed by atoms with Gasteiger partial charge in [0.25, 0.3) is 11.2 Å². The Morgan fingerprint density at radius 3 is 2.15 bits per heavy atom. The van der Waals surface area contributed by atoms with Gasteiger partial charge in [0.05, 0.1) is 35.2 Å². The van der Waals surface area contributed by atoms with E-state index in [0.717, 1.165) is 9.13 Å². The largest absolute Gasteiger partial charge is 0.463 e. The summed E-state index contributed by atoms with van der Waals surface area (Å²) in [5.74, 6) is -2.92. The van der Waals surface area contributed by atoms with Crippen LogP contribution in [-0.2, 0) is 33.2 Å². The van der Waals surface area contributed by atoms with E-state index in [2.05, 4.69) is 5.32 Å². The summed E-state index contributed by atoms with van der Waals surface area (Å²) in [7, 11) is 2.69. The number of anilines is 1. The Morgan fingerprint density at radius 1 is 1.03 bits per heavy atom. The van der Waals surface area contributed by atoms with Crippen LogP contribution in [0.25, 0.3) is 0 Å². The molecule has 0 radical (unpaired) electrons. The highest BCUT2D eigenvalue weighted by atomic mass is 16.6. The second-order valence-electron chi connectivity index (χ2n) is 7.10. The average Bonchev–Trinajstić information content (AvgIpc) is 2.80. The molecule has 0 aliphatic carbocycles. The Bertz CT molecular complexity index is 1290. The van der Waals surface area contributed by atoms with Gasteiger partial charge in [-0.3, -0.25) is 24.0 Å². The Hall–Kier alpha value is -4.22. The van der Waals surface area contributed by atoms with Crippen molar-refractivity contribution in [2.75, 3.05) is 18.5 Å². The summed E-state index contributed by atoms with van der Waals surface area (Å²) < 4.78 is 12.3. The molecule has 12 nitrogen and oxygen atoms in total. The minimum Gasteiger partial charge on any atom is -0.463 e. The molecule has 33 heavy (non-hydrogen) atoms. The monoisotopic (exact) mass is 458 g/mol. The summed E-state index contributed by atoms with van der Waals surface area (Å²) in [6.45, 7) is 3.16. The van der Waals surface area contributed by atoms with Crippen molar-refractivity contribution in [1.29, 1.82) is 0 Å². The highest BCUT2D eigenvalue weighted by molar-refractivity contribution is 6.05. The summed E-state index contributed by atoms with van der Waals surface area (Å²) in [5, 5.41) is 13.8.